The van der Waals surface area contributed by atoms with Crippen molar-refractivity contribution in [2.75, 3.05) is 40.8 Å². The highest BCUT2D eigenvalue weighted by Crippen LogP contribution is 2.17. The van der Waals surface area contributed by atoms with E-state index in [1.807, 2.05) is 45.0 Å². The van der Waals surface area contributed by atoms with Crippen LogP contribution in [0.5, 0.6) is 5.75 Å². The second-order valence-corrected chi connectivity index (χ2v) is 6.89. The van der Waals surface area contributed by atoms with Gasteiger partial charge in [-0.3, -0.25) is 4.99 Å². The summed E-state index contributed by atoms with van der Waals surface area (Å²) in [5.74, 6) is 1.58. The molecule has 1 aromatic carbocycles. The quantitative estimate of drug-likeness (QED) is 0.348. The van der Waals surface area contributed by atoms with Gasteiger partial charge in [0, 0.05) is 33.7 Å². The number of carbonyl (C=O) groups is 1. The van der Waals surface area contributed by atoms with E-state index in [-0.39, 0.29) is 30.1 Å². The fraction of sp³-hybridized carbons (Fsp3) is 0.579. The second-order valence-electron chi connectivity index (χ2n) is 6.89. The molecule has 27 heavy (non-hydrogen) atoms. The van der Waals surface area contributed by atoms with Crippen molar-refractivity contribution >= 4 is 36.0 Å². The fourth-order valence-corrected chi connectivity index (χ4v) is 2.22. The van der Waals surface area contributed by atoms with Crippen molar-refractivity contribution in [1.29, 1.82) is 0 Å². The zero-order valence-electron chi connectivity index (χ0n) is 17.2. The number of nitrogens with one attached hydrogen (secondary N) is 2. The van der Waals surface area contributed by atoms with Crippen molar-refractivity contribution in [1.82, 2.24) is 15.5 Å². The van der Waals surface area contributed by atoms with Crippen molar-refractivity contribution in [3.05, 3.63) is 29.8 Å². The maximum Gasteiger partial charge on any atom is 0.410 e. The summed E-state index contributed by atoms with van der Waals surface area (Å²) in [5, 5.41) is 6.45. The van der Waals surface area contributed by atoms with Crippen LogP contribution >= 0.6 is 24.0 Å². The lowest BCUT2D eigenvalue weighted by atomic mass is 10.1. The Morgan fingerprint density at radius 2 is 1.81 bits per heavy atom. The molecule has 0 heterocycles. The van der Waals surface area contributed by atoms with Crippen molar-refractivity contribution in [3.8, 4) is 5.75 Å². The van der Waals surface area contributed by atoms with Crippen LogP contribution in [0.25, 0.3) is 0 Å². The first kappa shape index (κ1) is 25.3. The minimum atomic E-state index is -0.491. The molecule has 0 atom stereocenters. The predicted octanol–water partition coefficient (Wildman–Crippen LogP) is 2.89. The van der Waals surface area contributed by atoms with Crippen LogP contribution in [0.15, 0.2) is 29.3 Å². The molecule has 7 nitrogen and oxygen atoms in total. The van der Waals surface area contributed by atoms with Gasteiger partial charge in [-0.05, 0) is 38.8 Å². The Balaban J connectivity index is 0.00000676. The highest BCUT2D eigenvalue weighted by Gasteiger charge is 2.19. The second kappa shape index (κ2) is 12.6. The van der Waals surface area contributed by atoms with E-state index >= 15 is 0 Å². The summed E-state index contributed by atoms with van der Waals surface area (Å²) in [6.07, 6.45) is 0.487. The predicted molar refractivity (Wildman–Crippen MR) is 120 cm³/mol. The summed E-state index contributed by atoms with van der Waals surface area (Å²) in [6.45, 7) is 7.37. The summed E-state index contributed by atoms with van der Waals surface area (Å²) in [7, 11) is 5.11. The standard InChI is InChI=1S/C19H32N4O3.HI/c1-19(2,3)26-18(24)23(5)14-13-22-17(20-4)21-12-11-15-9-7-8-10-16(15)25-6;/h7-10H,11-14H2,1-6H3,(H2,20,21,22);1H. The molecular weight excluding hydrogens is 459 g/mol. The number of aliphatic imine (C=N–C) groups is 1. The van der Waals surface area contributed by atoms with Gasteiger partial charge in [-0.25, -0.2) is 4.79 Å². The lowest BCUT2D eigenvalue weighted by Crippen LogP contribution is -2.43. The molecule has 0 aliphatic rings. The molecule has 0 aliphatic heterocycles. The number of hydrogen-bond donors (Lipinski definition) is 2. The number of guanidine groups is 1. The van der Waals surface area contributed by atoms with Gasteiger partial charge in [0.25, 0.3) is 0 Å². The number of benzene rings is 1. The molecule has 1 amide bonds. The molecule has 0 fully saturated rings. The molecule has 0 bridgehead atoms. The molecule has 2 N–H and O–H groups in total. The number of carbonyl (C=O) groups excluding carboxylic acids is 1. The van der Waals surface area contributed by atoms with Gasteiger partial charge in [0.15, 0.2) is 5.96 Å². The van der Waals surface area contributed by atoms with E-state index in [0.717, 1.165) is 24.3 Å². The molecule has 0 aliphatic carbocycles. The van der Waals surface area contributed by atoms with E-state index in [4.69, 9.17) is 9.47 Å². The Kier molecular flexibility index (Phi) is 11.8. The van der Waals surface area contributed by atoms with Crippen LogP contribution in [-0.4, -0.2) is 63.4 Å². The van der Waals surface area contributed by atoms with Crippen LogP contribution in [0.4, 0.5) is 4.79 Å². The number of ether oxygens (including phenoxy) is 2. The lowest BCUT2D eigenvalue weighted by Gasteiger charge is -2.24. The van der Waals surface area contributed by atoms with E-state index in [0.29, 0.717) is 19.0 Å². The smallest absolute Gasteiger partial charge is 0.410 e. The third kappa shape index (κ3) is 10.3. The molecule has 0 aromatic heterocycles. The Labute approximate surface area is 179 Å². The van der Waals surface area contributed by atoms with E-state index in [2.05, 4.69) is 15.6 Å². The number of para-hydroxylation sites is 1. The van der Waals surface area contributed by atoms with E-state index in [9.17, 15) is 4.79 Å². The minimum Gasteiger partial charge on any atom is -0.496 e. The Morgan fingerprint density at radius 3 is 2.41 bits per heavy atom. The molecule has 0 spiro atoms. The zero-order chi connectivity index (χ0) is 19.6. The third-order valence-corrected chi connectivity index (χ3v) is 3.55. The summed E-state index contributed by atoms with van der Waals surface area (Å²) in [5.41, 5.74) is 0.650. The monoisotopic (exact) mass is 492 g/mol. The molecule has 1 aromatic rings. The number of nitrogens with zero attached hydrogens (tertiary/aromatic N) is 2. The van der Waals surface area contributed by atoms with Gasteiger partial charge < -0.3 is 25.0 Å². The van der Waals surface area contributed by atoms with E-state index < -0.39 is 5.60 Å². The zero-order valence-corrected chi connectivity index (χ0v) is 19.5. The van der Waals surface area contributed by atoms with Crippen molar-refractivity contribution in [3.63, 3.8) is 0 Å². The van der Waals surface area contributed by atoms with Gasteiger partial charge in [0.2, 0.25) is 0 Å². The number of hydrogen-bond acceptors (Lipinski definition) is 4. The van der Waals surface area contributed by atoms with Gasteiger partial charge in [0.05, 0.1) is 7.11 Å². The molecule has 1 rings (SSSR count). The van der Waals surface area contributed by atoms with Crippen molar-refractivity contribution < 1.29 is 14.3 Å². The number of amides is 1. The van der Waals surface area contributed by atoms with Gasteiger partial charge in [-0.2, -0.15) is 0 Å². The summed E-state index contributed by atoms with van der Waals surface area (Å²) < 4.78 is 10.7. The number of rotatable bonds is 7. The molecule has 154 valence electrons. The number of likely N-dealkylation sites (N-methyl/N-ethyl adjacent to an activating group) is 1. The van der Waals surface area contributed by atoms with Crippen LogP contribution in [0.3, 0.4) is 0 Å². The highest BCUT2D eigenvalue weighted by atomic mass is 127. The average Bonchev–Trinajstić information content (AvgIpc) is 2.59. The lowest BCUT2D eigenvalue weighted by molar-refractivity contribution is 0.0302. The normalized spacial score (nSPS) is 11.3. The minimum absolute atomic E-state index is 0. The number of methoxy groups -OCH3 is 1. The van der Waals surface area contributed by atoms with E-state index in [1.165, 1.54) is 0 Å². The SMILES string of the molecule is CN=C(NCCc1ccccc1OC)NCCN(C)C(=O)OC(C)(C)C.I. The van der Waals surface area contributed by atoms with E-state index in [1.54, 1.807) is 26.1 Å². The largest absolute Gasteiger partial charge is 0.496 e. The van der Waals surface area contributed by atoms with Crippen molar-refractivity contribution in [2.24, 2.45) is 4.99 Å². The molecular formula is C19H33IN4O3. The van der Waals surface area contributed by atoms with Gasteiger partial charge in [-0.1, -0.05) is 18.2 Å². The first-order valence-corrected chi connectivity index (χ1v) is 8.77. The molecule has 0 saturated heterocycles. The number of halogens is 1. The first-order valence-electron chi connectivity index (χ1n) is 8.77. The van der Waals surface area contributed by atoms with Gasteiger partial charge >= 0.3 is 6.09 Å². The topological polar surface area (TPSA) is 75.2 Å². The first-order chi connectivity index (χ1) is 12.3. The average molecular weight is 492 g/mol. The Hall–Kier alpha value is -1.71. The Morgan fingerprint density at radius 1 is 1.19 bits per heavy atom. The van der Waals surface area contributed by atoms with Gasteiger partial charge in [0.1, 0.15) is 11.4 Å². The fourth-order valence-electron chi connectivity index (χ4n) is 2.22. The molecule has 0 saturated carbocycles. The van der Waals surface area contributed by atoms with Crippen LogP contribution in [0.2, 0.25) is 0 Å². The maximum absolute atomic E-state index is 11.9. The molecule has 8 heteroatoms. The maximum atomic E-state index is 11.9. The molecule has 0 unspecified atom stereocenters. The van der Waals surface area contributed by atoms with Crippen LogP contribution in [0.1, 0.15) is 26.3 Å². The summed E-state index contributed by atoms with van der Waals surface area (Å²) >= 11 is 0. The summed E-state index contributed by atoms with van der Waals surface area (Å²) in [4.78, 5) is 17.6. The highest BCUT2D eigenvalue weighted by molar-refractivity contribution is 14.0. The molecule has 0 radical (unpaired) electrons. The Bertz CT molecular complexity index is 603. The third-order valence-electron chi connectivity index (χ3n) is 3.55. The van der Waals surface area contributed by atoms with Gasteiger partial charge in [-0.15, -0.1) is 24.0 Å². The van der Waals surface area contributed by atoms with Crippen molar-refractivity contribution in [2.45, 2.75) is 32.8 Å². The van der Waals surface area contributed by atoms with Crippen LogP contribution in [-0.2, 0) is 11.2 Å². The summed E-state index contributed by atoms with van der Waals surface area (Å²) in [6, 6.07) is 7.95. The van der Waals surface area contributed by atoms with Crippen LogP contribution < -0.4 is 15.4 Å². The van der Waals surface area contributed by atoms with Crippen LogP contribution in [0, 0.1) is 0 Å².